The lowest BCUT2D eigenvalue weighted by molar-refractivity contribution is -0.135. The number of amides is 2. The van der Waals surface area contributed by atoms with Crippen LogP contribution < -0.4 is 20.3 Å². The number of carbonyl (C=O) groups excluding carboxylic acids is 2. The number of methoxy groups -OCH3 is 1. The molecule has 10 heteroatoms. The minimum absolute atomic E-state index is 0.00880. The number of benzene rings is 1. The summed E-state index contributed by atoms with van der Waals surface area (Å²) < 4.78 is 11.0. The lowest BCUT2D eigenvalue weighted by Crippen LogP contribution is -2.55. The van der Waals surface area contributed by atoms with Crippen LogP contribution in [-0.4, -0.2) is 91.3 Å². The number of rotatable bonds is 8. The van der Waals surface area contributed by atoms with Crippen LogP contribution in [0.4, 0.5) is 0 Å². The van der Waals surface area contributed by atoms with Crippen LogP contribution in [0.15, 0.2) is 24.3 Å². The van der Waals surface area contributed by atoms with Gasteiger partial charge in [0.05, 0.1) is 7.11 Å². The van der Waals surface area contributed by atoms with E-state index in [4.69, 9.17) is 9.47 Å². The molecule has 2 aliphatic rings. The molecule has 0 radical (unpaired) electrons. The lowest BCUT2D eigenvalue weighted by atomic mass is 10.3. The van der Waals surface area contributed by atoms with Gasteiger partial charge in [0.1, 0.15) is 29.9 Å². The van der Waals surface area contributed by atoms with Crippen molar-refractivity contribution in [1.29, 1.82) is 0 Å². The molecule has 0 saturated carbocycles. The van der Waals surface area contributed by atoms with Crippen molar-refractivity contribution in [3.63, 3.8) is 0 Å². The highest BCUT2D eigenvalue weighted by Gasteiger charge is 2.26. The molecule has 0 bridgehead atoms. The van der Waals surface area contributed by atoms with E-state index in [-0.39, 0.29) is 23.6 Å². The molecule has 0 aliphatic carbocycles. The van der Waals surface area contributed by atoms with Crippen LogP contribution in [0.3, 0.4) is 0 Å². The van der Waals surface area contributed by atoms with E-state index >= 15 is 0 Å². The Kier molecular flexibility index (Phi) is 8.61. The molecular weight excluding hydrogens is 406 g/mol. The van der Waals surface area contributed by atoms with E-state index in [9.17, 15) is 9.59 Å². The fraction of sp³-hybridized carbons (Fsp3) is 0.600. The molecule has 166 valence electrons. The van der Waals surface area contributed by atoms with Crippen molar-refractivity contribution in [2.45, 2.75) is 18.2 Å². The fourth-order valence-electron chi connectivity index (χ4n) is 3.27. The second-order valence-electron chi connectivity index (χ2n) is 7.40. The number of nitrogens with one attached hydrogen (secondary N) is 2. The van der Waals surface area contributed by atoms with Gasteiger partial charge in [0.2, 0.25) is 11.8 Å². The Morgan fingerprint density at radius 2 is 1.70 bits per heavy atom. The maximum atomic E-state index is 12.4. The van der Waals surface area contributed by atoms with Gasteiger partial charge in [-0.1, -0.05) is 0 Å². The summed E-state index contributed by atoms with van der Waals surface area (Å²) in [7, 11) is 3.68. The number of piperazine rings is 1. The largest absolute Gasteiger partial charge is 0.497 e. The van der Waals surface area contributed by atoms with E-state index in [0.717, 1.165) is 56.4 Å². The third-order valence-electron chi connectivity index (χ3n) is 5.03. The lowest BCUT2D eigenvalue weighted by Gasteiger charge is -2.35. The van der Waals surface area contributed by atoms with Gasteiger partial charge in [0, 0.05) is 32.7 Å². The number of carbonyl (C=O) groups is 2. The number of likely N-dealkylation sites (N-methyl/N-ethyl adjacent to an activating group) is 1. The van der Waals surface area contributed by atoms with Gasteiger partial charge in [-0.2, -0.15) is 0 Å². The van der Waals surface area contributed by atoms with Gasteiger partial charge in [-0.3, -0.25) is 20.4 Å². The Balaban J connectivity index is 1.43. The Labute approximate surface area is 182 Å². The molecule has 1 unspecified atom stereocenters. The van der Waals surface area contributed by atoms with Crippen LogP contribution in [0.5, 0.6) is 11.5 Å². The quantitative estimate of drug-likeness (QED) is 0.570. The van der Waals surface area contributed by atoms with Crippen molar-refractivity contribution in [2.24, 2.45) is 0 Å². The first kappa shape index (κ1) is 22.7. The number of nitrogens with zero attached hydrogens (tertiary/aromatic N) is 3. The third kappa shape index (κ3) is 7.05. The predicted octanol–water partition coefficient (Wildman–Crippen LogP) is 0.539. The van der Waals surface area contributed by atoms with Crippen LogP contribution in [0.2, 0.25) is 0 Å². The van der Waals surface area contributed by atoms with E-state index in [0.29, 0.717) is 6.61 Å². The average molecular weight is 438 g/mol. The minimum atomic E-state index is -0.307. The molecule has 1 atom stereocenters. The summed E-state index contributed by atoms with van der Waals surface area (Å²) in [5.74, 6) is 1.94. The average Bonchev–Trinajstić information content (AvgIpc) is 2.75. The highest BCUT2D eigenvalue weighted by Crippen LogP contribution is 2.23. The second kappa shape index (κ2) is 11.4. The maximum absolute atomic E-state index is 12.4. The van der Waals surface area contributed by atoms with E-state index in [1.54, 1.807) is 18.9 Å². The smallest absolute Gasteiger partial charge is 0.243 e. The number of thioether (sulfide) groups is 1. The van der Waals surface area contributed by atoms with Crippen molar-refractivity contribution >= 4 is 23.6 Å². The maximum Gasteiger partial charge on any atom is 0.243 e. The zero-order chi connectivity index (χ0) is 21.3. The molecule has 2 amide bonds. The van der Waals surface area contributed by atoms with E-state index in [1.807, 2.05) is 34.3 Å². The monoisotopic (exact) mass is 437 g/mol. The molecule has 2 heterocycles. The predicted molar refractivity (Wildman–Crippen MR) is 116 cm³/mol. The summed E-state index contributed by atoms with van der Waals surface area (Å²) in [6, 6.07) is 7.42. The first-order chi connectivity index (χ1) is 14.5. The van der Waals surface area contributed by atoms with Crippen molar-refractivity contribution < 1.29 is 19.1 Å². The van der Waals surface area contributed by atoms with Gasteiger partial charge in [-0.25, -0.2) is 10.0 Å². The SMILES string of the molecule is COc1ccc(OCC2SCCCN2NC(=O)CC(=O)NN2CCN(C)CC2)cc1. The molecule has 0 aromatic heterocycles. The number of hydrogen-bond donors (Lipinski definition) is 2. The van der Waals surface area contributed by atoms with Gasteiger partial charge >= 0.3 is 0 Å². The van der Waals surface area contributed by atoms with Gasteiger partial charge < -0.3 is 14.4 Å². The fourth-order valence-corrected chi connectivity index (χ4v) is 4.34. The van der Waals surface area contributed by atoms with Crippen LogP contribution in [0.25, 0.3) is 0 Å². The summed E-state index contributed by atoms with van der Waals surface area (Å²) in [6.07, 6.45) is 0.775. The molecule has 3 rings (SSSR count). The molecule has 1 aromatic rings. The number of hydrazine groups is 2. The first-order valence-electron chi connectivity index (χ1n) is 10.2. The Morgan fingerprint density at radius 1 is 1.03 bits per heavy atom. The summed E-state index contributed by atoms with van der Waals surface area (Å²) >= 11 is 1.74. The Morgan fingerprint density at radius 3 is 2.40 bits per heavy atom. The molecular formula is C20H31N5O4S. The molecule has 30 heavy (non-hydrogen) atoms. The molecule has 2 saturated heterocycles. The molecule has 1 aromatic carbocycles. The topological polar surface area (TPSA) is 86.4 Å². The minimum Gasteiger partial charge on any atom is -0.497 e. The van der Waals surface area contributed by atoms with Crippen LogP contribution >= 0.6 is 11.8 Å². The normalized spacial score (nSPS) is 21.1. The highest BCUT2D eigenvalue weighted by molar-refractivity contribution is 7.99. The number of hydrogen-bond acceptors (Lipinski definition) is 8. The Bertz CT molecular complexity index is 697. The van der Waals surface area contributed by atoms with Crippen LogP contribution in [-0.2, 0) is 9.59 Å². The van der Waals surface area contributed by atoms with Crippen molar-refractivity contribution in [2.75, 3.05) is 59.2 Å². The van der Waals surface area contributed by atoms with Crippen LogP contribution in [0.1, 0.15) is 12.8 Å². The van der Waals surface area contributed by atoms with E-state index < -0.39 is 0 Å². The molecule has 9 nitrogen and oxygen atoms in total. The molecule has 2 aliphatic heterocycles. The standard InChI is InChI=1S/C20H31N5O4S/c1-23-9-11-24(12-10-23)21-18(26)14-19(27)22-25-8-3-13-30-20(25)15-29-17-6-4-16(28-2)5-7-17/h4-7,20H,3,8-15H2,1-2H3,(H,21,26)(H,22,27). The highest BCUT2D eigenvalue weighted by atomic mass is 32.2. The molecule has 0 spiro atoms. The van der Waals surface area contributed by atoms with Gasteiger partial charge in [-0.15, -0.1) is 11.8 Å². The second-order valence-corrected chi connectivity index (χ2v) is 8.68. The van der Waals surface area contributed by atoms with E-state index in [1.165, 1.54) is 0 Å². The summed E-state index contributed by atoms with van der Waals surface area (Å²) in [5.41, 5.74) is 5.71. The van der Waals surface area contributed by atoms with Crippen molar-refractivity contribution in [1.82, 2.24) is 25.8 Å². The summed E-state index contributed by atoms with van der Waals surface area (Å²) in [5, 5.41) is 3.74. The molecule has 2 fully saturated rings. The summed E-state index contributed by atoms with van der Waals surface area (Å²) in [6.45, 7) is 4.48. The third-order valence-corrected chi connectivity index (χ3v) is 6.33. The van der Waals surface area contributed by atoms with Crippen molar-refractivity contribution in [3.05, 3.63) is 24.3 Å². The summed E-state index contributed by atoms with van der Waals surface area (Å²) in [4.78, 5) is 26.8. The van der Waals surface area contributed by atoms with Gasteiger partial charge in [-0.05, 0) is 43.5 Å². The van der Waals surface area contributed by atoms with Crippen LogP contribution in [0, 0.1) is 0 Å². The van der Waals surface area contributed by atoms with Gasteiger partial charge in [0.15, 0.2) is 0 Å². The van der Waals surface area contributed by atoms with Crippen molar-refractivity contribution in [3.8, 4) is 11.5 Å². The first-order valence-corrected chi connectivity index (χ1v) is 11.3. The number of ether oxygens (including phenoxy) is 2. The van der Waals surface area contributed by atoms with Gasteiger partial charge in [0.25, 0.3) is 0 Å². The Hall–Kier alpha value is -2.01. The van der Waals surface area contributed by atoms with E-state index in [2.05, 4.69) is 22.8 Å². The zero-order valence-corrected chi connectivity index (χ0v) is 18.5. The molecule has 2 N–H and O–H groups in total. The zero-order valence-electron chi connectivity index (χ0n) is 17.6.